The van der Waals surface area contributed by atoms with Crippen LogP contribution < -0.4 is 11.1 Å². The fourth-order valence-corrected chi connectivity index (χ4v) is 1.96. The first-order chi connectivity index (χ1) is 7.92. The van der Waals surface area contributed by atoms with Crippen LogP contribution in [0.2, 0.25) is 0 Å². The lowest BCUT2D eigenvalue weighted by molar-refractivity contribution is -0.122. The van der Waals surface area contributed by atoms with E-state index >= 15 is 0 Å². The fraction of sp³-hybridized carbons (Fsp3) is 0.917. The van der Waals surface area contributed by atoms with Crippen molar-refractivity contribution in [1.82, 2.24) is 10.2 Å². The van der Waals surface area contributed by atoms with Gasteiger partial charge in [-0.1, -0.05) is 0 Å². The zero-order valence-corrected chi connectivity index (χ0v) is 11.2. The van der Waals surface area contributed by atoms with Gasteiger partial charge in [-0.3, -0.25) is 9.69 Å². The zero-order chi connectivity index (χ0) is 12.9. The Morgan fingerprint density at radius 3 is 2.59 bits per heavy atom. The standard InChI is InChI=1S/C12H25N3O2/c1-10(13)8-11(16)14-9-12(2,3)15-4-6-17-7-5-15/h10H,4-9,13H2,1-3H3,(H,14,16). The first kappa shape index (κ1) is 14.4. The molecule has 1 unspecified atom stereocenters. The maximum atomic E-state index is 11.5. The number of hydrogen-bond acceptors (Lipinski definition) is 4. The van der Waals surface area contributed by atoms with Gasteiger partial charge in [-0.05, 0) is 20.8 Å². The molecule has 1 atom stereocenters. The molecule has 100 valence electrons. The molecule has 0 aromatic carbocycles. The van der Waals surface area contributed by atoms with Crippen molar-refractivity contribution in [3.05, 3.63) is 0 Å². The third kappa shape index (κ3) is 5.02. The number of ether oxygens (including phenoxy) is 1. The first-order valence-corrected chi connectivity index (χ1v) is 6.27. The molecule has 1 saturated heterocycles. The average Bonchev–Trinajstić information content (AvgIpc) is 2.27. The van der Waals surface area contributed by atoms with Crippen molar-refractivity contribution in [2.24, 2.45) is 5.73 Å². The molecule has 5 heteroatoms. The van der Waals surface area contributed by atoms with E-state index in [1.807, 2.05) is 6.92 Å². The smallest absolute Gasteiger partial charge is 0.221 e. The lowest BCUT2D eigenvalue weighted by Crippen LogP contribution is -2.55. The first-order valence-electron chi connectivity index (χ1n) is 6.27. The van der Waals surface area contributed by atoms with Crippen LogP contribution in [0, 0.1) is 0 Å². The van der Waals surface area contributed by atoms with Crippen LogP contribution in [0.4, 0.5) is 0 Å². The van der Waals surface area contributed by atoms with Gasteiger partial charge in [0.25, 0.3) is 0 Å². The lowest BCUT2D eigenvalue weighted by atomic mass is 10.0. The monoisotopic (exact) mass is 243 g/mol. The van der Waals surface area contributed by atoms with Gasteiger partial charge in [0.15, 0.2) is 0 Å². The predicted molar refractivity (Wildman–Crippen MR) is 67.7 cm³/mol. The van der Waals surface area contributed by atoms with Crippen molar-refractivity contribution in [3.8, 4) is 0 Å². The highest BCUT2D eigenvalue weighted by Crippen LogP contribution is 2.15. The number of hydrogen-bond donors (Lipinski definition) is 2. The quantitative estimate of drug-likeness (QED) is 0.710. The van der Waals surface area contributed by atoms with Gasteiger partial charge in [0, 0.05) is 37.6 Å². The molecule has 0 spiro atoms. The minimum atomic E-state index is -0.0819. The number of amides is 1. The van der Waals surface area contributed by atoms with Crippen LogP contribution in [-0.4, -0.2) is 55.2 Å². The molecule has 1 aliphatic rings. The Bertz CT molecular complexity index is 248. The van der Waals surface area contributed by atoms with E-state index < -0.39 is 0 Å². The normalized spacial score (nSPS) is 20.0. The van der Waals surface area contributed by atoms with Crippen LogP contribution in [-0.2, 0) is 9.53 Å². The number of rotatable bonds is 5. The van der Waals surface area contributed by atoms with Gasteiger partial charge in [-0.2, -0.15) is 0 Å². The highest BCUT2D eigenvalue weighted by atomic mass is 16.5. The van der Waals surface area contributed by atoms with Crippen molar-refractivity contribution < 1.29 is 9.53 Å². The van der Waals surface area contributed by atoms with Crippen molar-refractivity contribution in [2.75, 3.05) is 32.8 Å². The molecule has 1 fully saturated rings. The largest absolute Gasteiger partial charge is 0.379 e. The highest BCUT2D eigenvalue weighted by Gasteiger charge is 2.28. The fourth-order valence-electron chi connectivity index (χ4n) is 1.96. The van der Waals surface area contributed by atoms with Crippen LogP contribution in [0.1, 0.15) is 27.2 Å². The summed E-state index contributed by atoms with van der Waals surface area (Å²) in [5.41, 5.74) is 5.56. The molecule has 0 aliphatic carbocycles. The lowest BCUT2D eigenvalue weighted by Gasteiger charge is -2.40. The van der Waals surface area contributed by atoms with Crippen LogP contribution in [0.25, 0.3) is 0 Å². The molecule has 0 radical (unpaired) electrons. The summed E-state index contributed by atoms with van der Waals surface area (Å²) in [6.07, 6.45) is 0.388. The molecule has 1 amide bonds. The van der Waals surface area contributed by atoms with Crippen molar-refractivity contribution in [2.45, 2.75) is 38.8 Å². The SMILES string of the molecule is CC(N)CC(=O)NCC(C)(C)N1CCOCC1. The van der Waals surface area contributed by atoms with Gasteiger partial charge < -0.3 is 15.8 Å². The van der Waals surface area contributed by atoms with E-state index in [9.17, 15) is 4.79 Å². The molecule has 1 heterocycles. The van der Waals surface area contributed by atoms with E-state index in [0.717, 1.165) is 26.3 Å². The maximum absolute atomic E-state index is 11.5. The molecule has 1 rings (SSSR count). The molecule has 0 aromatic heterocycles. The Balaban J connectivity index is 2.35. The molecule has 0 saturated carbocycles. The van der Waals surface area contributed by atoms with Crippen LogP contribution in [0.5, 0.6) is 0 Å². The summed E-state index contributed by atoms with van der Waals surface area (Å²) in [4.78, 5) is 13.9. The molecule has 1 aliphatic heterocycles. The number of carbonyl (C=O) groups is 1. The van der Waals surface area contributed by atoms with E-state index in [-0.39, 0.29) is 17.5 Å². The summed E-state index contributed by atoms with van der Waals surface area (Å²) < 4.78 is 5.33. The minimum Gasteiger partial charge on any atom is -0.379 e. The summed E-state index contributed by atoms with van der Waals surface area (Å²) in [6.45, 7) is 10.2. The summed E-state index contributed by atoms with van der Waals surface area (Å²) in [7, 11) is 0. The second-order valence-corrected chi connectivity index (χ2v) is 5.37. The maximum Gasteiger partial charge on any atom is 0.221 e. The third-order valence-electron chi connectivity index (χ3n) is 3.09. The van der Waals surface area contributed by atoms with Gasteiger partial charge in [0.2, 0.25) is 5.91 Å². The van der Waals surface area contributed by atoms with E-state index in [4.69, 9.17) is 10.5 Å². The van der Waals surface area contributed by atoms with E-state index in [1.165, 1.54) is 0 Å². The number of nitrogens with zero attached hydrogens (tertiary/aromatic N) is 1. The van der Waals surface area contributed by atoms with Gasteiger partial charge in [0.1, 0.15) is 0 Å². The molecule has 0 aromatic rings. The number of morpholine rings is 1. The van der Waals surface area contributed by atoms with E-state index in [0.29, 0.717) is 13.0 Å². The summed E-state index contributed by atoms with van der Waals surface area (Å²) >= 11 is 0. The van der Waals surface area contributed by atoms with Gasteiger partial charge >= 0.3 is 0 Å². The highest BCUT2D eigenvalue weighted by molar-refractivity contribution is 5.76. The van der Waals surface area contributed by atoms with Crippen LogP contribution >= 0.6 is 0 Å². The average molecular weight is 243 g/mol. The summed E-state index contributed by atoms with van der Waals surface area (Å²) in [5, 5.41) is 2.95. The number of nitrogens with two attached hydrogens (primary N) is 1. The van der Waals surface area contributed by atoms with E-state index in [1.54, 1.807) is 0 Å². The van der Waals surface area contributed by atoms with Gasteiger partial charge in [0.05, 0.1) is 13.2 Å². The zero-order valence-electron chi connectivity index (χ0n) is 11.2. The second-order valence-electron chi connectivity index (χ2n) is 5.37. The molecule has 0 bridgehead atoms. The van der Waals surface area contributed by atoms with Crippen LogP contribution in [0.15, 0.2) is 0 Å². The van der Waals surface area contributed by atoms with E-state index in [2.05, 4.69) is 24.1 Å². The topological polar surface area (TPSA) is 67.6 Å². The Labute approximate surface area is 104 Å². The van der Waals surface area contributed by atoms with Gasteiger partial charge in [-0.15, -0.1) is 0 Å². The van der Waals surface area contributed by atoms with Crippen LogP contribution in [0.3, 0.4) is 0 Å². The Hall–Kier alpha value is -0.650. The van der Waals surface area contributed by atoms with Gasteiger partial charge in [-0.25, -0.2) is 0 Å². The molecular weight excluding hydrogens is 218 g/mol. The number of carbonyl (C=O) groups excluding carboxylic acids is 1. The molecule has 5 nitrogen and oxygen atoms in total. The summed E-state index contributed by atoms with van der Waals surface area (Å²) in [6, 6.07) is -0.0819. The number of nitrogens with one attached hydrogen (secondary N) is 1. The van der Waals surface area contributed by atoms with Crippen molar-refractivity contribution >= 4 is 5.91 Å². The second kappa shape index (κ2) is 6.33. The Kier molecular flexibility index (Phi) is 5.36. The Morgan fingerprint density at radius 1 is 1.47 bits per heavy atom. The molecular formula is C12H25N3O2. The van der Waals surface area contributed by atoms with Crippen molar-refractivity contribution in [3.63, 3.8) is 0 Å². The third-order valence-corrected chi connectivity index (χ3v) is 3.09. The Morgan fingerprint density at radius 2 is 2.06 bits per heavy atom. The molecule has 3 N–H and O–H groups in total. The van der Waals surface area contributed by atoms with Crippen molar-refractivity contribution in [1.29, 1.82) is 0 Å². The minimum absolute atomic E-state index is 0.0290. The predicted octanol–water partition coefficient (Wildman–Crippen LogP) is -0.0493. The summed E-state index contributed by atoms with van der Waals surface area (Å²) in [5.74, 6) is 0.0290. The molecule has 17 heavy (non-hydrogen) atoms.